The van der Waals surface area contributed by atoms with Crippen LogP contribution in [0, 0.1) is 11.7 Å². The van der Waals surface area contributed by atoms with E-state index in [1.54, 1.807) is 28.4 Å². The van der Waals surface area contributed by atoms with Crippen LogP contribution in [-0.4, -0.2) is 47.4 Å². The molecule has 1 saturated carbocycles. The molecule has 1 atom stereocenters. The molecular weight excluding hydrogens is 427 g/mol. The van der Waals surface area contributed by atoms with Crippen LogP contribution in [0.2, 0.25) is 0 Å². The van der Waals surface area contributed by atoms with Gasteiger partial charge in [-0.15, -0.1) is 11.3 Å². The number of amides is 2. The smallest absolute Gasteiger partial charge is 0.242 e. The highest BCUT2D eigenvalue weighted by atomic mass is 32.1. The first-order valence-corrected chi connectivity index (χ1v) is 12.4. The SMILES string of the molecule is CC(C)N(CC(=O)N1CCc2sccc2C1COc1ccc(F)cc1)C(=O)C1CCCC1. The zero-order valence-corrected chi connectivity index (χ0v) is 19.6. The van der Waals surface area contributed by atoms with Crippen LogP contribution in [0.4, 0.5) is 4.39 Å². The Hall–Kier alpha value is -2.41. The largest absolute Gasteiger partial charge is 0.491 e. The summed E-state index contributed by atoms with van der Waals surface area (Å²) in [6, 6.07) is 7.73. The van der Waals surface area contributed by atoms with E-state index in [9.17, 15) is 14.0 Å². The molecule has 1 aromatic carbocycles. The fraction of sp³-hybridized carbons (Fsp3) is 0.520. The summed E-state index contributed by atoms with van der Waals surface area (Å²) in [5.74, 6) is 0.370. The van der Waals surface area contributed by atoms with Gasteiger partial charge in [0.05, 0.1) is 6.04 Å². The first kappa shape index (κ1) is 22.8. The number of carbonyl (C=O) groups is 2. The maximum Gasteiger partial charge on any atom is 0.242 e. The third kappa shape index (κ3) is 4.98. The van der Waals surface area contributed by atoms with E-state index in [1.807, 2.05) is 24.1 Å². The van der Waals surface area contributed by atoms with Gasteiger partial charge < -0.3 is 14.5 Å². The summed E-state index contributed by atoms with van der Waals surface area (Å²) in [4.78, 5) is 31.4. The molecule has 1 aliphatic heterocycles. The molecule has 1 fully saturated rings. The lowest BCUT2D eigenvalue weighted by molar-refractivity contribution is -0.146. The number of nitrogens with zero attached hydrogens (tertiary/aromatic N) is 2. The minimum atomic E-state index is -0.312. The molecule has 1 aromatic heterocycles. The maximum atomic E-state index is 13.5. The Balaban J connectivity index is 1.49. The minimum Gasteiger partial charge on any atom is -0.491 e. The fourth-order valence-electron chi connectivity index (χ4n) is 4.74. The van der Waals surface area contributed by atoms with E-state index in [1.165, 1.54) is 17.0 Å². The second kappa shape index (κ2) is 10.0. The molecule has 0 spiro atoms. The number of hydrogen-bond acceptors (Lipinski definition) is 4. The lowest BCUT2D eigenvalue weighted by Crippen LogP contribution is -2.50. The van der Waals surface area contributed by atoms with Crippen LogP contribution in [0.1, 0.15) is 56.0 Å². The van der Waals surface area contributed by atoms with Crippen LogP contribution in [0.15, 0.2) is 35.7 Å². The van der Waals surface area contributed by atoms with Gasteiger partial charge in [0.1, 0.15) is 24.7 Å². The number of benzene rings is 1. The van der Waals surface area contributed by atoms with Crippen molar-refractivity contribution in [2.45, 2.75) is 58.0 Å². The topological polar surface area (TPSA) is 49.9 Å². The highest BCUT2D eigenvalue weighted by Crippen LogP contribution is 2.34. The van der Waals surface area contributed by atoms with E-state index in [-0.39, 0.29) is 42.2 Å². The average Bonchev–Trinajstić information content (AvgIpc) is 3.48. The van der Waals surface area contributed by atoms with Gasteiger partial charge in [0.2, 0.25) is 11.8 Å². The third-order valence-corrected chi connectivity index (χ3v) is 7.55. The highest BCUT2D eigenvalue weighted by Gasteiger charge is 2.35. The molecule has 4 rings (SSSR count). The molecule has 32 heavy (non-hydrogen) atoms. The molecular formula is C25H31FN2O3S. The van der Waals surface area contributed by atoms with Crippen LogP contribution in [0.25, 0.3) is 0 Å². The Kier molecular flexibility index (Phi) is 7.13. The predicted molar refractivity (Wildman–Crippen MR) is 123 cm³/mol. The predicted octanol–water partition coefficient (Wildman–Crippen LogP) is 4.82. The molecule has 1 unspecified atom stereocenters. The molecule has 0 radical (unpaired) electrons. The van der Waals surface area contributed by atoms with Crippen molar-refractivity contribution in [1.29, 1.82) is 0 Å². The molecule has 2 amide bonds. The van der Waals surface area contributed by atoms with Crippen LogP contribution in [-0.2, 0) is 16.0 Å². The molecule has 0 bridgehead atoms. The van der Waals surface area contributed by atoms with Crippen molar-refractivity contribution in [3.8, 4) is 5.75 Å². The molecule has 2 aliphatic rings. The molecule has 1 aliphatic carbocycles. The van der Waals surface area contributed by atoms with Gasteiger partial charge in [-0.2, -0.15) is 0 Å². The first-order valence-electron chi connectivity index (χ1n) is 11.5. The zero-order valence-electron chi connectivity index (χ0n) is 18.8. The van der Waals surface area contributed by atoms with E-state index < -0.39 is 0 Å². The van der Waals surface area contributed by atoms with Gasteiger partial charge >= 0.3 is 0 Å². The lowest BCUT2D eigenvalue weighted by atomic mass is 10.00. The summed E-state index contributed by atoms with van der Waals surface area (Å²) in [6.07, 6.45) is 4.83. The number of fused-ring (bicyclic) bond motifs is 1. The monoisotopic (exact) mass is 458 g/mol. The number of hydrogen-bond donors (Lipinski definition) is 0. The van der Waals surface area contributed by atoms with Gasteiger partial charge in [0.25, 0.3) is 0 Å². The third-order valence-electron chi connectivity index (χ3n) is 6.55. The lowest BCUT2D eigenvalue weighted by Gasteiger charge is -2.38. The Morgan fingerprint density at radius 2 is 1.91 bits per heavy atom. The van der Waals surface area contributed by atoms with Crippen molar-refractivity contribution in [2.24, 2.45) is 5.92 Å². The quantitative estimate of drug-likeness (QED) is 0.598. The minimum absolute atomic E-state index is 0.0255. The van der Waals surface area contributed by atoms with Crippen molar-refractivity contribution in [2.75, 3.05) is 19.7 Å². The fourth-order valence-corrected chi connectivity index (χ4v) is 5.67. The number of thiophene rings is 1. The standard InChI is InChI=1S/C25H31FN2O3S/c1-17(2)28(25(30)18-5-3-4-6-18)15-24(29)27-13-11-23-21(12-14-32-23)22(27)16-31-20-9-7-19(26)8-10-20/h7-10,12,14,17-18,22H,3-6,11,13,15-16H2,1-2H3. The second-order valence-corrected chi connectivity index (χ2v) is 9.96. The summed E-state index contributed by atoms with van der Waals surface area (Å²) in [7, 11) is 0. The molecule has 2 heterocycles. The molecule has 2 aromatic rings. The van der Waals surface area contributed by atoms with E-state index in [0.29, 0.717) is 18.9 Å². The van der Waals surface area contributed by atoms with E-state index in [2.05, 4.69) is 6.07 Å². The van der Waals surface area contributed by atoms with Gasteiger partial charge in [-0.3, -0.25) is 9.59 Å². The summed E-state index contributed by atoms with van der Waals surface area (Å²) in [6.45, 7) is 4.94. The van der Waals surface area contributed by atoms with Crippen LogP contribution in [0.3, 0.4) is 0 Å². The van der Waals surface area contributed by atoms with Crippen LogP contribution < -0.4 is 4.74 Å². The van der Waals surface area contributed by atoms with Crippen molar-refractivity contribution in [1.82, 2.24) is 9.80 Å². The first-order chi connectivity index (χ1) is 15.4. The van der Waals surface area contributed by atoms with Gasteiger partial charge in [0, 0.05) is 23.4 Å². The van der Waals surface area contributed by atoms with E-state index in [0.717, 1.165) is 37.7 Å². The van der Waals surface area contributed by atoms with E-state index >= 15 is 0 Å². The second-order valence-electron chi connectivity index (χ2n) is 8.96. The van der Waals surface area contributed by atoms with Gasteiger partial charge in [0.15, 0.2) is 0 Å². The number of halogens is 1. The highest BCUT2D eigenvalue weighted by molar-refractivity contribution is 7.10. The Labute approximate surface area is 193 Å². The summed E-state index contributed by atoms with van der Waals surface area (Å²) in [5, 5.41) is 2.05. The van der Waals surface area contributed by atoms with E-state index in [4.69, 9.17) is 4.74 Å². The number of rotatable bonds is 7. The Morgan fingerprint density at radius 3 is 2.59 bits per heavy atom. The van der Waals surface area contributed by atoms with Crippen molar-refractivity contribution < 1.29 is 18.7 Å². The van der Waals surface area contributed by atoms with Crippen molar-refractivity contribution in [3.63, 3.8) is 0 Å². The summed E-state index contributed by atoms with van der Waals surface area (Å²) < 4.78 is 19.2. The molecule has 172 valence electrons. The number of ether oxygens (including phenoxy) is 1. The zero-order chi connectivity index (χ0) is 22.7. The molecule has 7 heteroatoms. The van der Waals surface area contributed by atoms with Gasteiger partial charge in [-0.05, 0) is 74.4 Å². The normalized spacial score (nSPS) is 18.6. The molecule has 0 saturated heterocycles. The van der Waals surface area contributed by atoms with Gasteiger partial charge in [-0.1, -0.05) is 12.8 Å². The Morgan fingerprint density at radius 1 is 1.19 bits per heavy atom. The summed E-state index contributed by atoms with van der Waals surface area (Å²) >= 11 is 1.70. The number of carbonyl (C=O) groups excluding carboxylic acids is 2. The Bertz CT molecular complexity index is 937. The van der Waals surface area contributed by atoms with Gasteiger partial charge in [-0.25, -0.2) is 4.39 Å². The summed E-state index contributed by atoms with van der Waals surface area (Å²) in [5.41, 5.74) is 1.11. The maximum absolute atomic E-state index is 13.5. The van der Waals surface area contributed by atoms with Crippen LogP contribution in [0.5, 0.6) is 5.75 Å². The van der Waals surface area contributed by atoms with Crippen molar-refractivity contribution >= 4 is 23.2 Å². The van der Waals surface area contributed by atoms with Crippen LogP contribution >= 0.6 is 11.3 Å². The van der Waals surface area contributed by atoms with Crippen molar-refractivity contribution in [3.05, 3.63) is 52.0 Å². The molecule has 0 N–H and O–H groups in total. The molecule has 5 nitrogen and oxygen atoms in total. The average molecular weight is 459 g/mol.